The fraction of sp³-hybridized carbons (Fsp3) is 0.333. The van der Waals surface area contributed by atoms with Gasteiger partial charge in [0.05, 0.1) is 0 Å². The second kappa shape index (κ2) is 3.25. The van der Waals surface area contributed by atoms with E-state index >= 15 is 0 Å². The smallest absolute Gasteiger partial charge is 0.329 e. The summed E-state index contributed by atoms with van der Waals surface area (Å²) in [6, 6.07) is 2.00. The zero-order chi connectivity index (χ0) is 10.9. The number of rotatable bonds is 2. The van der Waals surface area contributed by atoms with Crippen LogP contribution in [0.4, 0.5) is 4.39 Å². The van der Waals surface area contributed by atoms with Crippen molar-refractivity contribution in [2.24, 2.45) is 0 Å². The van der Waals surface area contributed by atoms with E-state index in [9.17, 15) is 14.0 Å². The molecule has 4 nitrogen and oxygen atoms in total. The molecule has 1 aromatic heterocycles. The number of carbonyl (C=O) groups is 1. The third kappa shape index (κ3) is 1.66. The Balaban J connectivity index is 3.39. The van der Waals surface area contributed by atoms with Gasteiger partial charge in [0.2, 0.25) is 0 Å². The molecule has 14 heavy (non-hydrogen) atoms. The Morgan fingerprint density at radius 2 is 2.07 bits per heavy atom. The van der Waals surface area contributed by atoms with Gasteiger partial charge in [-0.05, 0) is 19.9 Å². The summed E-state index contributed by atoms with van der Waals surface area (Å²) in [5.74, 6) is -1.83. The van der Waals surface area contributed by atoms with Crippen LogP contribution >= 0.6 is 0 Å². The van der Waals surface area contributed by atoms with Crippen LogP contribution in [0.2, 0.25) is 0 Å². The number of aromatic nitrogens is 1. The molecule has 0 bridgehead atoms. The van der Waals surface area contributed by atoms with E-state index in [2.05, 4.69) is 0 Å². The average molecular weight is 199 g/mol. The first-order valence-corrected chi connectivity index (χ1v) is 3.98. The Hall–Kier alpha value is -1.65. The highest BCUT2D eigenvalue weighted by atomic mass is 19.1. The molecule has 0 unspecified atom stereocenters. The Morgan fingerprint density at radius 3 is 2.57 bits per heavy atom. The van der Waals surface area contributed by atoms with Crippen LogP contribution in [0.15, 0.2) is 23.1 Å². The minimum Gasteiger partial charge on any atom is -0.480 e. The SMILES string of the molecule is CC(C)(C(=O)O)n1cc(F)ccc1=O. The molecule has 0 aliphatic rings. The second-order valence-corrected chi connectivity index (χ2v) is 3.42. The number of nitrogens with zero attached hydrogens (tertiary/aromatic N) is 1. The zero-order valence-electron chi connectivity index (χ0n) is 7.82. The van der Waals surface area contributed by atoms with E-state index in [0.29, 0.717) is 0 Å². The van der Waals surface area contributed by atoms with E-state index in [1.165, 1.54) is 13.8 Å². The minimum absolute atomic E-state index is 0.543. The molecule has 0 spiro atoms. The molecular formula is C9H10FNO3. The Kier molecular flexibility index (Phi) is 2.42. The number of halogens is 1. The van der Waals surface area contributed by atoms with Crippen molar-refractivity contribution < 1.29 is 14.3 Å². The van der Waals surface area contributed by atoms with Gasteiger partial charge >= 0.3 is 5.97 Å². The van der Waals surface area contributed by atoms with Crippen molar-refractivity contribution in [2.75, 3.05) is 0 Å². The van der Waals surface area contributed by atoms with Crippen molar-refractivity contribution in [3.05, 3.63) is 34.5 Å². The normalized spacial score (nSPS) is 11.4. The Labute approximate surface area is 79.6 Å². The number of aliphatic carboxylic acids is 1. The fourth-order valence-corrected chi connectivity index (χ4v) is 1.00. The monoisotopic (exact) mass is 199 g/mol. The van der Waals surface area contributed by atoms with Gasteiger partial charge in [0.25, 0.3) is 5.56 Å². The summed E-state index contributed by atoms with van der Waals surface area (Å²) in [4.78, 5) is 22.1. The lowest BCUT2D eigenvalue weighted by molar-refractivity contribution is -0.145. The van der Waals surface area contributed by atoms with Crippen LogP contribution in [0.3, 0.4) is 0 Å². The maximum Gasteiger partial charge on any atom is 0.329 e. The van der Waals surface area contributed by atoms with Gasteiger partial charge in [-0.3, -0.25) is 9.36 Å². The van der Waals surface area contributed by atoms with Crippen LogP contribution in [0.1, 0.15) is 13.8 Å². The zero-order valence-corrected chi connectivity index (χ0v) is 7.82. The number of carboxylic acids is 1. The molecule has 0 aliphatic heterocycles. The van der Waals surface area contributed by atoms with Crippen molar-refractivity contribution >= 4 is 5.97 Å². The summed E-state index contributed by atoms with van der Waals surface area (Å²) >= 11 is 0. The number of pyridine rings is 1. The number of hydrogen-bond donors (Lipinski definition) is 1. The Bertz CT molecular complexity index is 422. The largest absolute Gasteiger partial charge is 0.480 e. The summed E-state index contributed by atoms with van der Waals surface area (Å²) in [5.41, 5.74) is -1.99. The topological polar surface area (TPSA) is 59.3 Å². The van der Waals surface area contributed by atoms with E-state index < -0.39 is 22.9 Å². The second-order valence-electron chi connectivity index (χ2n) is 3.42. The number of hydrogen-bond acceptors (Lipinski definition) is 2. The predicted octanol–water partition coefficient (Wildman–Crippen LogP) is 0.807. The molecule has 0 radical (unpaired) electrons. The van der Waals surface area contributed by atoms with Gasteiger partial charge in [-0.2, -0.15) is 0 Å². The van der Waals surface area contributed by atoms with Crippen LogP contribution in [0, 0.1) is 5.82 Å². The maximum absolute atomic E-state index is 12.8. The summed E-state index contributed by atoms with van der Waals surface area (Å²) in [6.07, 6.45) is 0.885. The van der Waals surface area contributed by atoms with E-state index in [-0.39, 0.29) is 0 Å². The highest BCUT2D eigenvalue weighted by molar-refractivity contribution is 5.75. The van der Waals surface area contributed by atoms with Crippen LogP contribution < -0.4 is 5.56 Å². The lowest BCUT2D eigenvalue weighted by Gasteiger charge is -2.22. The van der Waals surface area contributed by atoms with E-state index in [1.54, 1.807) is 0 Å². The standard InChI is InChI=1S/C9H10FNO3/c1-9(2,8(13)14)11-5-6(10)3-4-7(11)12/h3-5H,1-2H3,(H,13,14). The predicted molar refractivity (Wildman–Crippen MR) is 47.6 cm³/mol. The van der Waals surface area contributed by atoms with Gasteiger partial charge in [0.15, 0.2) is 0 Å². The highest BCUT2D eigenvalue weighted by Gasteiger charge is 2.30. The molecule has 1 aromatic rings. The molecule has 0 aromatic carbocycles. The summed E-state index contributed by atoms with van der Waals surface area (Å²) in [5, 5.41) is 8.83. The van der Waals surface area contributed by atoms with Crippen LogP contribution in [0.5, 0.6) is 0 Å². The molecule has 1 N–H and O–H groups in total. The molecule has 1 rings (SSSR count). The summed E-state index contributed by atoms with van der Waals surface area (Å²) < 4.78 is 13.6. The molecule has 5 heteroatoms. The van der Waals surface area contributed by atoms with Gasteiger partial charge in [0, 0.05) is 12.3 Å². The van der Waals surface area contributed by atoms with E-state index in [4.69, 9.17) is 5.11 Å². The quantitative estimate of drug-likeness (QED) is 0.766. The summed E-state index contributed by atoms with van der Waals surface area (Å²) in [7, 11) is 0. The van der Waals surface area contributed by atoms with Crippen molar-refractivity contribution in [1.82, 2.24) is 4.57 Å². The molecule has 0 saturated heterocycles. The van der Waals surface area contributed by atoms with E-state index in [1.807, 2.05) is 0 Å². The van der Waals surface area contributed by atoms with Gasteiger partial charge in [-0.25, -0.2) is 9.18 Å². The Morgan fingerprint density at radius 1 is 1.50 bits per heavy atom. The van der Waals surface area contributed by atoms with Crippen molar-refractivity contribution in [3.63, 3.8) is 0 Å². The number of carboxylic acid groups (broad SMARTS) is 1. The molecular weight excluding hydrogens is 189 g/mol. The van der Waals surface area contributed by atoms with Gasteiger partial charge in [-0.1, -0.05) is 0 Å². The van der Waals surface area contributed by atoms with Crippen molar-refractivity contribution in [1.29, 1.82) is 0 Å². The molecule has 0 aliphatic carbocycles. The molecule has 0 fully saturated rings. The molecule has 0 saturated carbocycles. The van der Waals surface area contributed by atoms with Crippen LogP contribution in [0.25, 0.3) is 0 Å². The first-order chi connectivity index (χ1) is 6.35. The minimum atomic E-state index is -1.45. The molecule has 0 amide bonds. The lowest BCUT2D eigenvalue weighted by Crippen LogP contribution is -2.42. The highest BCUT2D eigenvalue weighted by Crippen LogP contribution is 2.12. The van der Waals surface area contributed by atoms with E-state index in [0.717, 1.165) is 22.9 Å². The fourth-order valence-electron chi connectivity index (χ4n) is 1.00. The average Bonchev–Trinajstić information content (AvgIpc) is 2.08. The van der Waals surface area contributed by atoms with Gasteiger partial charge in [0.1, 0.15) is 11.4 Å². The molecule has 1 heterocycles. The van der Waals surface area contributed by atoms with Gasteiger partial charge < -0.3 is 5.11 Å². The molecule has 0 atom stereocenters. The van der Waals surface area contributed by atoms with Crippen LogP contribution in [-0.4, -0.2) is 15.6 Å². The third-order valence-corrected chi connectivity index (χ3v) is 2.00. The van der Waals surface area contributed by atoms with Crippen molar-refractivity contribution in [3.8, 4) is 0 Å². The van der Waals surface area contributed by atoms with Gasteiger partial charge in [-0.15, -0.1) is 0 Å². The first kappa shape index (κ1) is 10.4. The lowest BCUT2D eigenvalue weighted by atomic mass is 10.1. The van der Waals surface area contributed by atoms with Crippen molar-refractivity contribution in [2.45, 2.75) is 19.4 Å². The maximum atomic E-state index is 12.8. The molecule has 76 valence electrons. The first-order valence-electron chi connectivity index (χ1n) is 3.98. The summed E-state index contributed by atoms with van der Waals surface area (Å²) in [6.45, 7) is 2.66. The van der Waals surface area contributed by atoms with Crippen LogP contribution in [-0.2, 0) is 10.3 Å². The third-order valence-electron chi connectivity index (χ3n) is 2.00.